The fraction of sp³-hybridized carbons (Fsp3) is 0.929. The third kappa shape index (κ3) is 3.69. The molecule has 0 bridgehead atoms. The number of carboxylic acid groups (broad SMARTS) is 1. The maximum Gasteiger partial charge on any atom is 0.304 e. The van der Waals surface area contributed by atoms with Gasteiger partial charge in [-0.25, -0.2) is 0 Å². The van der Waals surface area contributed by atoms with Crippen molar-refractivity contribution in [2.24, 2.45) is 0 Å². The van der Waals surface area contributed by atoms with Crippen LogP contribution < -0.4 is 0 Å². The molecule has 1 atom stereocenters. The number of aliphatic carboxylic acids is 1. The van der Waals surface area contributed by atoms with Crippen molar-refractivity contribution >= 4 is 5.97 Å². The number of hydrogen-bond donors (Lipinski definition) is 1. The molecule has 0 spiro atoms. The van der Waals surface area contributed by atoms with Crippen molar-refractivity contribution in [1.29, 1.82) is 0 Å². The molecule has 0 aromatic heterocycles. The van der Waals surface area contributed by atoms with E-state index in [1.807, 2.05) is 0 Å². The Kier molecular flexibility index (Phi) is 4.44. The minimum Gasteiger partial charge on any atom is -0.481 e. The molecule has 0 aromatic carbocycles. The molecule has 1 rings (SSSR count). The Morgan fingerprint density at radius 3 is 2.39 bits per heavy atom. The molecule has 0 radical (unpaired) electrons. The molecule has 1 unspecified atom stereocenters. The van der Waals surface area contributed by atoms with Gasteiger partial charge in [-0.15, -0.1) is 0 Å². The largest absolute Gasteiger partial charge is 0.481 e. The third-order valence-electron chi connectivity index (χ3n) is 3.78. The van der Waals surface area contributed by atoms with Crippen LogP contribution in [0, 0.1) is 0 Å². The number of hydrogen-bond acceptors (Lipinski definition) is 3. The Labute approximate surface area is 111 Å². The van der Waals surface area contributed by atoms with Crippen molar-refractivity contribution in [2.45, 2.75) is 64.6 Å². The van der Waals surface area contributed by atoms with Crippen LogP contribution >= 0.6 is 0 Å². The van der Waals surface area contributed by atoms with Crippen LogP contribution in [0.1, 0.15) is 47.5 Å². The molecule has 4 heteroatoms. The molecule has 1 aliphatic heterocycles. The van der Waals surface area contributed by atoms with Gasteiger partial charge in [0, 0.05) is 23.7 Å². The first-order chi connectivity index (χ1) is 8.04. The Balaban J connectivity index is 3.08. The van der Waals surface area contributed by atoms with Gasteiger partial charge in [0.1, 0.15) is 0 Å². The molecular formula is C14H28N2O2. The van der Waals surface area contributed by atoms with Gasteiger partial charge in [-0.1, -0.05) is 0 Å². The zero-order valence-electron chi connectivity index (χ0n) is 12.7. The third-order valence-corrected chi connectivity index (χ3v) is 3.78. The van der Waals surface area contributed by atoms with E-state index in [0.29, 0.717) is 0 Å². The molecule has 0 amide bonds. The molecule has 0 saturated carbocycles. The summed E-state index contributed by atoms with van der Waals surface area (Å²) in [5, 5.41) is 9.15. The van der Waals surface area contributed by atoms with Gasteiger partial charge in [0.05, 0.1) is 6.42 Å². The van der Waals surface area contributed by atoms with Crippen LogP contribution in [0.2, 0.25) is 0 Å². The lowest BCUT2D eigenvalue weighted by Crippen LogP contribution is -2.59. The molecule has 1 N–H and O–H groups in total. The van der Waals surface area contributed by atoms with Crippen LogP contribution in [0.15, 0.2) is 0 Å². The van der Waals surface area contributed by atoms with Crippen LogP contribution in [0.5, 0.6) is 0 Å². The molecule has 1 saturated heterocycles. The van der Waals surface area contributed by atoms with Crippen LogP contribution in [0.25, 0.3) is 0 Å². The smallest absolute Gasteiger partial charge is 0.304 e. The lowest BCUT2D eigenvalue weighted by Gasteiger charge is -2.50. The number of carboxylic acids is 1. The highest BCUT2D eigenvalue weighted by Crippen LogP contribution is 2.34. The van der Waals surface area contributed by atoms with E-state index in [-0.39, 0.29) is 23.5 Å². The van der Waals surface area contributed by atoms with Crippen molar-refractivity contribution in [3.8, 4) is 0 Å². The van der Waals surface area contributed by atoms with Crippen molar-refractivity contribution in [2.75, 3.05) is 20.1 Å². The molecule has 1 fully saturated rings. The van der Waals surface area contributed by atoms with Crippen molar-refractivity contribution < 1.29 is 9.90 Å². The summed E-state index contributed by atoms with van der Waals surface area (Å²) in [6.07, 6.45) is 1.28. The first kappa shape index (κ1) is 15.4. The molecule has 1 heterocycles. The summed E-state index contributed by atoms with van der Waals surface area (Å²) in [4.78, 5) is 15.8. The Hall–Kier alpha value is -0.610. The summed E-state index contributed by atoms with van der Waals surface area (Å²) in [6.45, 7) is 12.8. The zero-order chi connectivity index (χ0) is 14.1. The number of carbonyl (C=O) groups is 1. The Bertz CT molecular complexity index is 307. The van der Waals surface area contributed by atoms with E-state index in [2.05, 4.69) is 51.5 Å². The van der Waals surface area contributed by atoms with Gasteiger partial charge in [0.25, 0.3) is 0 Å². The number of rotatable bonds is 2. The van der Waals surface area contributed by atoms with Gasteiger partial charge in [0.2, 0.25) is 0 Å². The Morgan fingerprint density at radius 2 is 1.94 bits per heavy atom. The average molecular weight is 256 g/mol. The number of nitrogens with zero attached hydrogens (tertiary/aromatic N) is 2. The minimum absolute atomic E-state index is 0.0191. The van der Waals surface area contributed by atoms with Crippen molar-refractivity contribution in [3.05, 3.63) is 0 Å². The molecule has 18 heavy (non-hydrogen) atoms. The second-order valence-electron chi connectivity index (χ2n) is 7.12. The lowest BCUT2D eigenvalue weighted by molar-refractivity contribution is -0.140. The fourth-order valence-electron chi connectivity index (χ4n) is 3.42. The predicted octanol–water partition coefficient (Wildman–Crippen LogP) is 2.04. The molecule has 1 aliphatic rings. The first-order valence-corrected chi connectivity index (χ1v) is 6.74. The van der Waals surface area contributed by atoms with Crippen molar-refractivity contribution in [3.63, 3.8) is 0 Å². The van der Waals surface area contributed by atoms with Gasteiger partial charge in [0.15, 0.2) is 0 Å². The minimum atomic E-state index is -0.708. The van der Waals surface area contributed by atoms with Gasteiger partial charge < -0.3 is 10.0 Å². The quantitative estimate of drug-likeness (QED) is 0.821. The lowest BCUT2D eigenvalue weighted by atomic mass is 9.89. The topological polar surface area (TPSA) is 43.8 Å². The number of likely N-dealkylation sites (N-methyl/N-ethyl adjacent to an activating group) is 1. The Morgan fingerprint density at radius 1 is 1.39 bits per heavy atom. The summed E-state index contributed by atoms with van der Waals surface area (Å²) in [7, 11) is 2.08. The summed E-state index contributed by atoms with van der Waals surface area (Å²) in [5.41, 5.74) is 0.0118. The highest BCUT2D eigenvalue weighted by atomic mass is 16.4. The molecule has 0 aliphatic carbocycles. The normalized spacial score (nSPS) is 26.9. The van der Waals surface area contributed by atoms with Crippen LogP contribution in [-0.4, -0.2) is 58.1 Å². The van der Waals surface area contributed by atoms with Gasteiger partial charge in [-0.2, -0.15) is 0 Å². The van der Waals surface area contributed by atoms with E-state index in [4.69, 9.17) is 5.11 Å². The monoisotopic (exact) mass is 256 g/mol. The van der Waals surface area contributed by atoms with Gasteiger partial charge in [-0.05, 0) is 54.6 Å². The van der Waals surface area contributed by atoms with Crippen LogP contribution in [0.3, 0.4) is 0 Å². The summed E-state index contributed by atoms with van der Waals surface area (Å²) in [6, 6.07) is 0.0741. The van der Waals surface area contributed by atoms with Gasteiger partial charge >= 0.3 is 5.97 Å². The van der Waals surface area contributed by atoms with Crippen LogP contribution in [-0.2, 0) is 4.79 Å². The van der Waals surface area contributed by atoms with Crippen molar-refractivity contribution in [1.82, 2.24) is 9.80 Å². The summed E-state index contributed by atoms with van der Waals surface area (Å²) >= 11 is 0. The van der Waals surface area contributed by atoms with Gasteiger partial charge in [-0.3, -0.25) is 9.69 Å². The standard InChI is InChI=1S/C14H28N2O2/c1-13(2,3)16-11(9-12(17)18)10-15(6)8-7-14(16,4)5/h11H,7-10H2,1-6H3,(H,17,18). The summed E-state index contributed by atoms with van der Waals surface area (Å²) < 4.78 is 0. The van der Waals surface area contributed by atoms with E-state index < -0.39 is 5.97 Å². The maximum absolute atomic E-state index is 11.1. The van der Waals surface area contributed by atoms with E-state index in [9.17, 15) is 4.79 Å². The highest BCUT2D eigenvalue weighted by Gasteiger charge is 2.42. The van der Waals surface area contributed by atoms with E-state index in [0.717, 1.165) is 19.5 Å². The van der Waals surface area contributed by atoms with E-state index in [1.165, 1.54) is 0 Å². The maximum atomic E-state index is 11.1. The van der Waals surface area contributed by atoms with E-state index in [1.54, 1.807) is 0 Å². The van der Waals surface area contributed by atoms with E-state index >= 15 is 0 Å². The second kappa shape index (κ2) is 5.17. The average Bonchev–Trinajstić information content (AvgIpc) is 2.20. The highest BCUT2D eigenvalue weighted by molar-refractivity contribution is 5.67. The second-order valence-corrected chi connectivity index (χ2v) is 7.12. The first-order valence-electron chi connectivity index (χ1n) is 6.74. The fourth-order valence-corrected chi connectivity index (χ4v) is 3.42. The predicted molar refractivity (Wildman–Crippen MR) is 73.8 cm³/mol. The molecule has 0 aromatic rings. The SMILES string of the molecule is CN1CCC(C)(C)N(C(C)(C)C)C(CC(=O)O)C1. The summed E-state index contributed by atoms with van der Waals surface area (Å²) in [5.74, 6) is -0.708. The molecular weight excluding hydrogens is 228 g/mol. The zero-order valence-corrected chi connectivity index (χ0v) is 12.7. The molecule has 106 valence electrons. The van der Waals surface area contributed by atoms with Crippen LogP contribution in [0.4, 0.5) is 0 Å². The molecule has 4 nitrogen and oxygen atoms in total.